The van der Waals surface area contributed by atoms with E-state index in [1.165, 1.54) is 18.2 Å². The lowest BCUT2D eigenvalue weighted by Crippen LogP contribution is -2.43. The average Bonchev–Trinajstić information content (AvgIpc) is 2.71. The zero-order valence-electron chi connectivity index (χ0n) is 16.3. The predicted octanol–water partition coefficient (Wildman–Crippen LogP) is 4.89. The number of carbonyl (C=O) groups excluding carboxylic acids is 1. The van der Waals surface area contributed by atoms with Gasteiger partial charge < -0.3 is 4.90 Å². The lowest BCUT2D eigenvalue weighted by Gasteiger charge is -2.35. The molecule has 0 saturated carbocycles. The fourth-order valence-electron chi connectivity index (χ4n) is 4.08. The fraction of sp³-hybridized carbons (Fsp3) is 0.348. The first-order valence-electron chi connectivity index (χ1n) is 9.83. The fourth-order valence-corrected chi connectivity index (χ4v) is 4.96. The molecule has 144 valence electrons. The molecule has 2 heterocycles. The number of aromatic nitrogens is 2. The third-order valence-electron chi connectivity index (χ3n) is 5.25. The molecule has 4 nitrogen and oxygen atoms in total. The minimum atomic E-state index is 0.196. The summed E-state index contributed by atoms with van der Waals surface area (Å²) >= 11 is 1.49. The third kappa shape index (κ3) is 4.04. The van der Waals surface area contributed by atoms with Crippen LogP contribution in [0.25, 0.3) is 22.0 Å². The molecule has 1 amide bonds. The number of thioether (sulfide) groups is 1. The molecule has 1 saturated heterocycles. The molecule has 0 aliphatic carbocycles. The van der Waals surface area contributed by atoms with E-state index < -0.39 is 0 Å². The van der Waals surface area contributed by atoms with Crippen LogP contribution in [0.3, 0.4) is 0 Å². The largest absolute Gasteiger partial charge is 0.341 e. The summed E-state index contributed by atoms with van der Waals surface area (Å²) in [5.74, 6) is 1.75. The molecule has 0 unspecified atom stereocenters. The number of hydrogen-bond acceptors (Lipinski definition) is 4. The summed E-state index contributed by atoms with van der Waals surface area (Å²) in [6.07, 6.45) is 1.20. The van der Waals surface area contributed by atoms with Crippen LogP contribution < -0.4 is 0 Å². The van der Waals surface area contributed by atoms with E-state index in [0.717, 1.165) is 40.1 Å². The number of hydrogen-bond donors (Lipinski definition) is 0. The molecular weight excluding hydrogens is 366 g/mol. The van der Waals surface area contributed by atoms with Crippen LogP contribution in [-0.4, -0.2) is 39.8 Å². The molecule has 0 N–H and O–H groups in total. The summed E-state index contributed by atoms with van der Waals surface area (Å²) in [6.45, 7) is 6.18. The van der Waals surface area contributed by atoms with Gasteiger partial charge in [-0.2, -0.15) is 0 Å². The Kier molecular flexibility index (Phi) is 5.62. The van der Waals surface area contributed by atoms with E-state index in [-0.39, 0.29) is 5.91 Å². The van der Waals surface area contributed by atoms with Crippen LogP contribution >= 0.6 is 11.8 Å². The maximum Gasteiger partial charge on any atom is 0.233 e. The van der Waals surface area contributed by atoms with Crippen LogP contribution in [0.2, 0.25) is 0 Å². The van der Waals surface area contributed by atoms with Crippen molar-refractivity contribution < 1.29 is 4.79 Å². The second kappa shape index (κ2) is 8.31. The highest BCUT2D eigenvalue weighted by molar-refractivity contribution is 8.00. The smallest absolute Gasteiger partial charge is 0.233 e. The molecule has 1 aliphatic heterocycles. The zero-order valence-corrected chi connectivity index (χ0v) is 17.2. The number of rotatable bonds is 4. The molecule has 3 aromatic rings. The lowest BCUT2D eigenvalue weighted by molar-refractivity contribution is -0.130. The Bertz CT molecular complexity index is 966. The molecule has 0 radical (unpaired) electrons. The van der Waals surface area contributed by atoms with Crippen LogP contribution in [0.5, 0.6) is 0 Å². The summed E-state index contributed by atoms with van der Waals surface area (Å²) in [7, 11) is 0. The van der Waals surface area contributed by atoms with Crippen LogP contribution in [0.1, 0.15) is 20.3 Å². The number of amides is 1. The molecule has 2 atom stereocenters. The Morgan fingerprint density at radius 3 is 2.32 bits per heavy atom. The van der Waals surface area contributed by atoms with Crippen molar-refractivity contribution in [3.05, 3.63) is 54.6 Å². The van der Waals surface area contributed by atoms with E-state index in [2.05, 4.69) is 36.2 Å². The van der Waals surface area contributed by atoms with E-state index in [4.69, 9.17) is 0 Å². The van der Waals surface area contributed by atoms with Gasteiger partial charge in [0.25, 0.3) is 0 Å². The van der Waals surface area contributed by atoms with E-state index in [9.17, 15) is 4.79 Å². The average molecular weight is 392 g/mol. The zero-order chi connectivity index (χ0) is 19.5. The molecule has 1 aliphatic rings. The van der Waals surface area contributed by atoms with Gasteiger partial charge in [-0.25, -0.2) is 0 Å². The Morgan fingerprint density at radius 2 is 1.61 bits per heavy atom. The van der Waals surface area contributed by atoms with Crippen molar-refractivity contribution in [1.29, 1.82) is 0 Å². The van der Waals surface area contributed by atoms with Gasteiger partial charge in [-0.3, -0.25) is 4.79 Å². The minimum absolute atomic E-state index is 0.196. The van der Waals surface area contributed by atoms with Crippen molar-refractivity contribution in [2.45, 2.75) is 25.3 Å². The van der Waals surface area contributed by atoms with Gasteiger partial charge in [0.2, 0.25) is 5.91 Å². The molecule has 1 fully saturated rings. The predicted molar refractivity (Wildman–Crippen MR) is 115 cm³/mol. The van der Waals surface area contributed by atoms with Crippen molar-refractivity contribution in [2.75, 3.05) is 18.8 Å². The van der Waals surface area contributed by atoms with Gasteiger partial charge in [0.15, 0.2) is 0 Å². The first-order valence-corrected chi connectivity index (χ1v) is 10.8. The van der Waals surface area contributed by atoms with Crippen molar-refractivity contribution in [3.63, 3.8) is 0 Å². The molecular formula is C23H25N3OS. The van der Waals surface area contributed by atoms with Gasteiger partial charge in [-0.05, 0) is 18.3 Å². The van der Waals surface area contributed by atoms with Gasteiger partial charge in [0.1, 0.15) is 10.7 Å². The number of fused-ring (bicyclic) bond motifs is 1. The number of nitrogens with zero attached hydrogens (tertiary/aromatic N) is 3. The van der Waals surface area contributed by atoms with E-state index in [0.29, 0.717) is 17.6 Å². The van der Waals surface area contributed by atoms with E-state index >= 15 is 0 Å². The van der Waals surface area contributed by atoms with Gasteiger partial charge in [0, 0.05) is 29.4 Å². The quantitative estimate of drug-likeness (QED) is 0.594. The topological polar surface area (TPSA) is 46.1 Å². The van der Waals surface area contributed by atoms with Crippen LogP contribution in [-0.2, 0) is 4.79 Å². The van der Waals surface area contributed by atoms with E-state index in [1.54, 1.807) is 0 Å². The van der Waals surface area contributed by atoms with Gasteiger partial charge in [-0.15, -0.1) is 10.2 Å². The second-order valence-corrected chi connectivity index (χ2v) is 8.76. The Morgan fingerprint density at radius 1 is 0.964 bits per heavy atom. The highest BCUT2D eigenvalue weighted by Crippen LogP contribution is 2.32. The summed E-state index contributed by atoms with van der Waals surface area (Å²) in [5, 5.41) is 11.9. The first-order chi connectivity index (χ1) is 13.6. The maximum atomic E-state index is 12.7. The first kappa shape index (κ1) is 18.9. The summed E-state index contributed by atoms with van der Waals surface area (Å²) in [6, 6.07) is 18.3. The van der Waals surface area contributed by atoms with Gasteiger partial charge in [0.05, 0.1) is 5.75 Å². The summed E-state index contributed by atoms with van der Waals surface area (Å²) in [5.41, 5.74) is 1.93. The van der Waals surface area contributed by atoms with Crippen LogP contribution in [0.4, 0.5) is 0 Å². The van der Waals surface area contributed by atoms with Crippen molar-refractivity contribution in [1.82, 2.24) is 15.1 Å². The highest BCUT2D eigenvalue weighted by atomic mass is 32.2. The number of piperidine rings is 1. The Hall–Kier alpha value is -2.40. The molecule has 4 rings (SSSR count). The van der Waals surface area contributed by atoms with Crippen molar-refractivity contribution in [3.8, 4) is 11.3 Å². The van der Waals surface area contributed by atoms with Gasteiger partial charge in [-0.1, -0.05) is 80.2 Å². The highest BCUT2D eigenvalue weighted by Gasteiger charge is 2.25. The second-order valence-electron chi connectivity index (χ2n) is 7.80. The summed E-state index contributed by atoms with van der Waals surface area (Å²) < 4.78 is 0. The van der Waals surface area contributed by atoms with Crippen molar-refractivity contribution in [2.24, 2.45) is 11.8 Å². The number of benzene rings is 2. The molecule has 5 heteroatoms. The molecule has 0 spiro atoms. The summed E-state index contributed by atoms with van der Waals surface area (Å²) in [4.78, 5) is 14.8. The number of carbonyl (C=O) groups is 1. The standard InChI is InChI=1S/C23H25N3OS/c1-16-12-17(2)14-26(13-16)21(27)15-28-23-20-11-7-6-10-19(20)22(24-25-23)18-8-4-3-5-9-18/h3-11,16-17H,12-15H2,1-2H3/t16-,17-/m1/s1. The molecule has 28 heavy (non-hydrogen) atoms. The SMILES string of the molecule is C[C@@H]1C[C@@H](C)CN(C(=O)CSc2nnc(-c3ccccc3)c3ccccc23)C1. The monoisotopic (exact) mass is 391 g/mol. The molecule has 1 aromatic heterocycles. The van der Waals surface area contributed by atoms with Crippen LogP contribution in [0.15, 0.2) is 59.6 Å². The maximum absolute atomic E-state index is 12.7. The Labute approximate surface area is 170 Å². The normalized spacial score (nSPS) is 19.7. The van der Waals surface area contributed by atoms with Crippen molar-refractivity contribution >= 4 is 28.4 Å². The molecule has 2 aromatic carbocycles. The Balaban J connectivity index is 1.56. The lowest BCUT2D eigenvalue weighted by atomic mass is 9.92. The van der Waals surface area contributed by atoms with E-state index in [1.807, 2.05) is 47.4 Å². The number of likely N-dealkylation sites (tertiary alicyclic amines) is 1. The third-order valence-corrected chi connectivity index (χ3v) is 6.22. The molecule has 0 bridgehead atoms. The van der Waals surface area contributed by atoms with Gasteiger partial charge >= 0.3 is 0 Å². The minimum Gasteiger partial charge on any atom is -0.341 e. The van der Waals surface area contributed by atoms with Crippen LogP contribution in [0, 0.1) is 11.8 Å².